The first-order valence-corrected chi connectivity index (χ1v) is 5.78. The molecule has 1 unspecified atom stereocenters. The molecule has 0 spiro atoms. The summed E-state index contributed by atoms with van der Waals surface area (Å²) < 4.78 is 6.19. The predicted octanol–water partition coefficient (Wildman–Crippen LogP) is 2.58. The molecule has 0 fully saturated rings. The van der Waals surface area contributed by atoms with Gasteiger partial charge in [0.1, 0.15) is 15.3 Å². The summed E-state index contributed by atoms with van der Waals surface area (Å²) in [6.07, 6.45) is -0.476. The number of hydrogen-bond acceptors (Lipinski definition) is 3. The van der Waals surface area contributed by atoms with Crippen molar-refractivity contribution in [1.29, 1.82) is 0 Å². The third kappa shape index (κ3) is 3.89. The molecule has 6 heteroatoms. The minimum Gasteiger partial charge on any atom is -0.372 e. The third-order valence-electron chi connectivity index (χ3n) is 1.75. The fraction of sp³-hybridized carbons (Fsp3) is 0.333. The van der Waals surface area contributed by atoms with Crippen molar-refractivity contribution in [2.24, 2.45) is 0 Å². The number of carbonyl (C=O) groups is 1. The van der Waals surface area contributed by atoms with Crippen LogP contribution in [0.25, 0.3) is 0 Å². The molecule has 0 aliphatic carbocycles. The minimum atomic E-state index is -0.476. The van der Waals surface area contributed by atoms with Crippen LogP contribution in [0.5, 0.6) is 0 Å². The molecule has 1 aromatic rings. The second-order valence-corrected chi connectivity index (χ2v) is 4.49. The average molecular weight is 338 g/mol. The largest absolute Gasteiger partial charge is 0.372 e. The van der Waals surface area contributed by atoms with E-state index in [1.165, 1.54) is 7.11 Å². The molecule has 1 atom stereocenters. The van der Waals surface area contributed by atoms with Crippen LogP contribution in [-0.4, -0.2) is 24.1 Å². The number of rotatable bonds is 3. The van der Waals surface area contributed by atoms with Gasteiger partial charge in [-0.15, -0.1) is 0 Å². The van der Waals surface area contributed by atoms with Gasteiger partial charge in [-0.25, -0.2) is 4.98 Å². The lowest BCUT2D eigenvalue weighted by atomic mass is 10.3. The summed E-state index contributed by atoms with van der Waals surface area (Å²) in [5.41, 5.74) is 0.664. The number of anilines is 1. The number of nitrogens with one attached hydrogen (secondary N) is 1. The highest BCUT2D eigenvalue weighted by molar-refractivity contribution is 9.11. The van der Waals surface area contributed by atoms with Gasteiger partial charge < -0.3 is 10.1 Å². The number of pyridine rings is 1. The van der Waals surface area contributed by atoms with E-state index in [1.807, 2.05) is 0 Å². The molecular weight excluding hydrogens is 328 g/mol. The Hall–Kier alpha value is -0.460. The van der Waals surface area contributed by atoms with Crippen LogP contribution >= 0.6 is 31.9 Å². The molecule has 0 bridgehead atoms. The maximum Gasteiger partial charge on any atom is 0.253 e. The van der Waals surface area contributed by atoms with Gasteiger partial charge in [0.15, 0.2) is 0 Å². The van der Waals surface area contributed by atoms with Gasteiger partial charge >= 0.3 is 0 Å². The Morgan fingerprint density at radius 3 is 2.47 bits per heavy atom. The lowest BCUT2D eigenvalue weighted by molar-refractivity contribution is -0.124. The van der Waals surface area contributed by atoms with Crippen molar-refractivity contribution in [1.82, 2.24) is 4.98 Å². The number of carbonyl (C=O) groups excluding carboxylic acids is 1. The van der Waals surface area contributed by atoms with Crippen molar-refractivity contribution in [3.63, 3.8) is 0 Å². The number of aromatic nitrogens is 1. The lowest BCUT2D eigenvalue weighted by Gasteiger charge is -2.10. The number of ether oxygens (including phenoxy) is 1. The number of nitrogens with zero attached hydrogens (tertiary/aromatic N) is 1. The Morgan fingerprint density at radius 1 is 1.47 bits per heavy atom. The zero-order chi connectivity index (χ0) is 11.4. The van der Waals surface area contributed by atoms with E-state index < -0.39 is 6.10 Å². The topological polar surface area (TPSA) is 51.2 Å². The van der Waals surface area contributed by atoms with E-state index in [0.29, 0.717) is 14.9 Å². The summed E-state index contributed by atoms with van der Waals surface area (Å²) >= 11 is 6.47. The molecule has 0 saturated heterocycles. The molecule has 1 N–H and O–H groups in total. The molecule has 1 amide bonds. The Bertz CT molecular complexity index is 351. The van der Waals surface area contributed by atoms with Crippen molar-refractivity contribution in [2.75, 3.05) is 12.4 Å². The molecule has 82 valence electrons. The molecule has 0 radical (unpaired) electrons. The molecule has 0 aromatic carbocycles. The Labute approximate surface area is 105 Å². The van der Waals surface area contributed by atoms with Crippen LogP contribution in [0, 0.1) is 0 Å². The van der Waals surface area contributed by atoms with E-state index in [-0.39, 0.29) is 5.91 Å². The van der Waals surface area contributed by atoms with Crippen molar-refractivity contribution < 1.29 is 9.53 Å². The first kappa shape index (κ1) is 12.6. The van der Waals surface area contributed by atoms with Gasteiger partial charge in [0, 0.05) is 12.8 Å². The number of hydrogen-bond donors (Lipinski definition) is 1. The SMILES string of the molecule is COC(C)C(=O)Nc1cc(Br)nc(Br)c1. The first-order valence-electron chi connectivity index (χ1n) is 4.19. The highest BCUT2D eigenvalue weighted by atomic mass is 79.9. The van der Waals surface area contributed by atoms with E-state index in [4.69, 9.17) is 4.74 Å². The van der Waals surface area contributed by atoms with E-state index in [1.54, 1.807) is 19.1 Å². The highest BCUT2D eigenvalue weighted by Gasteiger charge is 2.12. The molecule has 4 nitrogen and oxygen atoms in total. The van der Waals surface area contributed by atoms with Crippen LogP contribution in [0.15, 0.2) is 21.3 Å². The van der Waals surface area contributed by atoms with Crippen LogP contribution in [0.1, 0.15) is 6.92 Å². The van der Waals surface area contributed by atoms with Gasteiger partial charge in [-0.2, -0.15) is 0 Å². The van der Waals surface area contributed by atoms with Gasteiger partial charge in [0.05, 0.1) is 0 Å². The lowest BCUT2D eigenvalue weighted by Crippen LogP contribution is -2.26. The Balaban J connectivity index is 2.76. The molecular formula is C9H10Br2N2O2. The fourth-order valence-electron chi connectivity index (χ4n) is 0.888. The van der Waals surface area contributed by atoms with Crippen LogP contribution in [0.3, 0.4) is 0 Å². The van der Waals surface area contributed by atoms with Crippen molar-refractivity contribution in [3.05, 3.63) is 21.3 Å². The summed E-state index contributed by atoms with van der Waals surface area (Å²) in [5, 5.41) is 2.71. The normalized spacial score (nSPS) is 12.3. The summed E-state index contributed by atoms with van der Waals surface area (Å²) in [4.78, 5) is 15.5. The molecule has 0 aliphatic rings. The van der Waals surface area contributed by atoms with E-state index in [0.717, 1.165) is 0 Å². The summed E-state index contributed by atoms with van der Waals surface area (Å²) in [7, 11) is 1.49. The van der Waals surface area contributed by atoms with E-state index >= 15 is 0 Å². The second kappa shape index (κ2) is 5.58. The van der Waals surface area contributed by atoms with Crippen molar-refractivity contribution >= 4 is 43.5 Å². The number of amides is 1. The van der Waals surface area contributed by atoms with Gasteiger partial charge in [-0.1, -0.05) is 0 Å². The fourth-order valence-corrected chi connectivity index (χ4v) is 2.00. The zero-order valence-corrected chi connectivity index (χ0v) is 11.4. The standard InChI is InChI=1S/C9H10Br2N2O2/c1-5(15-2)9(14)12-6-3-7(10)13-8(11)4-6/h3-5H,1-2H3,(H,12,13,14). The van der Waals surface area contributed by atoms with Crippen LogP contribution in [0.4, 0.5) is 5.69 Å². The van der Waals surface area contributed by atoms with Gasteiger partial charge in [-0.05, 0) is 50.9 Å². The van der Waals surface area contributed by atoms with Crippen LogP contribution in [0.2, 0.25) is 0 Å². The first-order chi connectivity index (χ1) is 7.02. The van der Waals surface area contributed by atoms with Crippen molar-refractivity contribution in [3.8, 4) is 0 Å². The van der Waals surface area contributed by atoms with E-state index in [2.05, 4.69) is 42.2 Å². The summed E-state index contributed by atoms with van der Waals surface area (Å²) in [5.74, 6) is -0.192. The van der Waals surface area contributed by atoms with Crippen LogP contribution < -0.4 is 5.32 Å². The number of halogens is 2. The Kier molecular flexibility index (Phi) is 4.69. The summed E-state index contributed by atoms with van der Waals surface area (Å²) in [6, 6.07) is 3.43. The van der Waals surface area contributed by atoms with Crippen molar-refractivity contribution in [2.45, 2.75) is 13.0 Å². The maximum absolute atomic E-state index is 11.5. The Morgan fingerprint density at radius 2 is 2.00 bits per heavy atom. The summed E-state index contributed by atoms with van der Waals surface area (Å²) in [6.45, 7) is 1.68. The molecule has 1 aromatic heterocycles. The van der Waals surface area contributed by atoms with Gasteiger partial charge in [0.25, 0.3) is 5.91 Å². The minimum absolute atomic E-state index is 0.192. The molecule has 0 aliphatic heterocycles. The average Bonchev–Trinajstić information content (AvgIpc) is 2.14. The smallest absolute Gasteiger partial charge is 0.253 e. The molecule has 15 heavy (non-hydrogen) atoms. The van der Waals surface area contributed by atoms with Gasteiger partial charge in [-0.3, -0.25) is 4.79 Å². The third-order valence-corrected chi connectivity index (χ3v) is 2.57. The predicted molar refractivity (Wildman–Crippen MR) is 64.7 cm³/mol. The quantitative estimate of drug-likeness (QED) is 0.862. The maximum atomic E-state index is 11.5. The molecule has 1 heterocycles. The monoisotopic (exact) mass is 336 g/mol. The second-order valence-electron chi connectivity index (χ2n) is 2.87. The molecule has 0 saturated carbocycles. The van der Waals surface area contributed by atoms with E-state index in [9.17, 15) is 4.79 Å². The van der Waals surface area contributed by atoms with Gasteiger partial charge in [0.2, 0.25) is 0 Å². The highest BCUT2D eigenvalue weighted by Crippen LogP contribution is 2.19. The molecule has 1 rings (SSSR count). The zero-order valence-electron chi connectivity index (χ0n) is 8.25. The number of methoxy groups -OCH3 is 1. The van der Waals surface area contributed by atoms with Crippen LogP contribution in [-0.2, 0) is 9.53 Å².